The summed E-state index contributed by atoms with van der Waals surface area (Å²) in [5, 5.41) is 0. The van der Waals surface area contributed by atoms with Gasteiger partial charge in [0.1, 0.15) is 11.7 Å². The lowest BCUT2D eigenvalue weighted by Gasteiger charge is -2.34. The van der Waals surface area contributed by atoms with Gasteiger partial charge in [-0.2, -0.15) is 0 Å². The van der Waals surface area contributed by atoms with E-state index in [1.807, 2.05) is 31.2 Å². The van der Waals surface area contributed by atoms with Gasteiger partial charge in [-0.3, -0.25) is 9.59 Å². The number of nitrogens with zero attached hydrogens (tertiary/aromatic N) is 2. The molecule has 0 aliphatic carbocycles. The number of hydrogen-bond acceptors (Lipinski definition) is 4. The number of benzene rings is 1. The molecule has 6 nitrogen and oxygen atoms in total. The van der Waals surface area contributed by atoms with Gasteiger partial charge in [-0.15, -0.1) is 0 Å². The molecule has 2 N–H and O–H groups in total. The molecule has 2 amide bonds. The highest BCUT2D eigenvalue weighted by Crippen LogP contribution is 2.25. The number of ether oxygens (including phenoxy) is 1. The molecule has 1 saturated heterocycles. The molecule has 1 fully saturated rings. The Morgan fingerprint density at radius 3 is 2.71 bits per heavy atom. The molecule has 1 aliphatic heterocycles. The van der Waals surface area contributed by atoms with Crippen LogP contribution in [0.2, 0.25) is 0 Å². The van der Waals surface area contributed by atoms with E-state index in [1.54, 1.807) is 0 Å². The van der Waals surface area contributed by atoms with E-state index in [9.17, 15) is 14.0 Å². The maximum absolute atomic E-state index is 14.7. The van der Waals surface area contributed by atoms with Gasteiger partial charge in [-0.05, 0) is 34.5 Å². The van der Waals surface area contributed by atoms with Crippen LogP contribution in [0.1, 0.15) is 27.9 Å². The Balaban J connectivity index is 1.61. The van der Waals surface area contributed by atoms with Crippen molar-refractivity contribution in [2.24, 2.45) is 5.73 Å². The van der Waals surface area contributed by atoms with Gasteiger partial charge in [0.05, 0.1) is 13.0 Å². The van der Waals surface area contributed by atoms with Crippen molar-refractivity contribution < 1.29 is 18.7 Å². The number of primary amides is 1. The molecule has 0 radical (unpaired) electrons. The van der Waals surface area contributed by atoms with Crippen molar-refractivity contribution in [2.45, 2.75) is 32.0 Å². The summed E-state index contributed by atoms with van der Waals surface area (Å²) in [6.45, 7) is 2.30. The second kappa shape index (κ2) is 8.68. The number of halogens is 2. The smallest absolute Gasteiger partial charge is 0.254 e. The first kappa shape index (κ1) is 20.3. The topological polar surface area (TPSA) is 85.5 Å². The standard InChI is InChI=1S/C20H21BrFN3O3/c1-12-2-4-13(5-3-12)8-18(26)25-7-6-17(16(22)11-25)28-20-15(19(23)27)9-14(21)10-24-20/h2-5,9-10,16-17H,6-8,11H2,1H3,(H2,23,27)/t16-,17+/m1/s1. The average Bonchev–Trinajstić information content (AvgIpc) is 2.66. The number of piperidine rings is 1. The minimum atomic E-state index is -1.39. The first-order valence-electron chi connectivity index (χ1n) is 8.93. The number of rotatable bonds is 5. The van der Waals surface area contributed by atoms with Crippen molar-refractivity contribution >= 4 is 27.7 Å². The number of carbonyl (C=O) groups excluding carboxylic acids is 2. The molecule has 1 aromatic heterocycles. The fourth-order valence-electron chi connectivity index (χ4n) is 3.08. The lowest BCUT2D eigenvalue weighted by molar-refractivity contribution is -0.134. The highest BCUT2D eigenvalue weighted by Gasteiger charge is 2.34. The van der Waals surface area contributed by atoms with Crippen LogP contribution in [-0.4, -0.2) is 47.1 Å². The predicted octanol–water partition coefficient (Wildman–Crippen LogP) is 2.81. The zero-order valence-corrected chi connectivity index (χ0v) is 17.0. The molecular formula is C20H21BrFN3O3. The van der Waals surface area contributed by atoms with Gasteiger partial charge in [0.2, 0.25) is 11.8 Å². The third-order valence-electron chi connectivity index (χ3n) is 4.66. The van der Waals surface area contributed by atoms with Gasteiger partial charge in [0, 0.05) is 23.6 Å². The van der Waals surface area contributed by atoms with Gasteiger partial charge in [-0.25, -0.2) is 9.37 Å². The van der Waals surface area contributed by atoms with Crippen LogP contribution in [0.5, 0.6) is 5.88 Å². The SMILES string of the molecule is Cc1ccc(CC(=O)N2CC[C@H](Oc3ncc(Br)cc3C(N)=O)[C@H](F)C2)cc1. The van der Waals surface area contributed by atoms with Crippen molar-refractivity contribution in [2.75, 3.05) is 13.1 Å². The van der Waals surface area contributed by atoms with Gasteiger partial charge < -0.3 is 15.4 Å². The molecule has 28 heavy (non-hydrogen) atoms. The number of nitrogens with two attached hydrogens (primary N) is 1. The Morgan fingerprint density at radius 2 is 2.07 bits per heavy atom. The highest BCUT2D eigenvalue weighted by atomic mass is 79.9. The van der Waals surface area contributed by atoms with Crippen LogP contribution in [-0.2, 0) is 11.2 Å². The molecule has 0 spiro atoms. The van der Waals surface area contributed by atoms with E-state index in [4.69, 9.17) is 10.5 Å². The average molecular weight is 450 g/mol. The summed E-state index contributed by atoms with van der Waals surface area (Å²) < 4.78 is 20.9. The number of aromatic nitrogens is 1. The molecule has 2 heterocycles. The maximum Gasteiger partial charge on any atom is 0.254 e. The number of likely N-dealkylation sites (tertiary alicyclic amines) is 1. The van der Waals surface area contributed by atoms with E-state index in [0.29, 0.717) is 17.4 Å². The second-order valence-electron chi connectivity index (χ2n) is 6.83. The van der Waals surface area contributed by atoms with Gasteiger partial charge in [0.15, 0.2) is 6.17 Å². The number of amides is 2. The lowest BCUT2D eigenvalue weighted by atomic mass is 10.0. The van der Waals surface area contributed by atoms with Gasteiger partial charge in [0.25, 0.3) is 5.91 Å². The Morgan fingerprint density at radius 1 is 1.36 bits per heavy atom. The van der Waals surface area contributed by atoms with Crippen molar-refractivity contribution in [1.82, 2.24) is 9.88 Å². The summed E-state index contributed by atoms with van der Waals surface area (Å²) in [4.78, 5) is 29.6. The Hall–Kier alpha value is -2.48. The molecule has 8 heteroatoms. The summed E-state index contributed by atoms with van der Waals surface area (Å²) in [6.07, 6.45) is -0.193. The molecule has 0 bridgehead atoms. The van der Waals surface area contributed by atoms with Crippen LogP contribution in [0.3, 0.4) is 0 Å². The summed E-state index contributed by atoms with van der Waals surface area (Å²) in [5.41, 5.74) is 7.44. The van der Waals surface area contributed by atoms with Crippen LogP contribution in [0, 0.1) is 6.92 Å². The van der Waals surface area contributed by atoms with E-state index in [0.717, 1.165) is 11.1 Å². The van der Waals surface area contributed by atoms with Crippen molar-refractivity contribution in [1.29, 1.82) is 0 Å². The lowest BCUT2D eigenvalue weighted by Crippen LogP contribution is -2.49. The number of carbonyl (C=O) groups is 2. The van der Waals surface area contributed by atoms with Crippen molar-refractivity contribution in [3.63, 3.8) is 0 Å². The van der Waals surface area contributed by atoms with E-state index >= 15 is 0 Å². The number of alkyl halides is 1. The zero-order chi connectivity index (χ0) is 20.3. The Bertz CT molecular complexity index is 875. The third-order valence-corrected chi connectivity index (χ3v) is 5.09. The van der Waals surface area contributed by atoms with Crippen LogP contribution in [0.4, 0.5) is 4.39 Å². The largest absolute Gasteiger partial charge is 0.471 e. The van der Waals surface area contributed by atoms with E-state index in [1.165, 1.54) is 17.2 Å². The third kappa shape index (κ3) is 4.86. The van der Waals surface area contributed by atoms with Crippen LogP contribution >= 0.6 is 15.9 Å². The van der Waals surface area contributed by atoms with E-state index in [2.05, 4.69) is 20.9 Å². The monoisotopic (exact) mass is 449 g/mol. The van der Waals surface area contributed by atoms with E-state index < -0.39 is 18.2 Å². The quantitative estimate of drug-likeness (QED) is 0.760. The fraction of sp³-hybridized carbons (Fsp3) is 0.350. The summed E-state index contributed by atoms with van der Waals surface area (Å²) in [7, 11) is 0. The summed E-state index contributed by atoms with van der Waals surface area (Å²) in [5.74, 6) is -0.822. The molecule has 0 unspecified atom stereocenters. The normalized spacial score (nSPS) is 19.3. The molecular weight excluding hydrogens is 429 g/mol. The zero-order valence-electron chi connectivity index (χ0n) is 15.4. The minimum absolute atomic E-state index is 0.00258. The molecule has 1 aromatic carbocycles. The summed E-state index contributed by atoms with van der Waals surface area (Å²) in [6, 6.07) is 9.18. The first-order valence-corrected chi connectivity index (χ1v) is 9.72. The molecule has 0 saturated carbocycles. The van der Waals surface area contributed by atoms with Crippen LogP contribution in [0.25, 0.3) is 0 Å². The van der Waals surface area contributed by atoms with Gasteiger partial charge >= 0.3 is 0 Å². The van der Waals surface area contributed by atoms with Crippen LogP contribution < -0.4 is 10.5 Å². The Kier molecular flexibility index (Phi) is 6.28. The van der Waals surface area contributed by atoms with Crippen LogP contribution in [0.15, 0.2) is 41.0 Å². The second-order valence-corrected chi connectivity index (χ2v) is 7.75. The number of pyridine rings is 1. The minimum Gasteiger partial charge on any atom is -0.471 e. The number of hydrogen-bond donors (Lipinski definition) is 1. The molecule has 3 rings (SSSR count). The van der Waals surface area contributed by atoms with Crippen molar-refractivity contribution in [3.8, 4) is 5.88 Å². The first-order chi connectivity index (χ1) is 13.3. The molecule has 2 atom stereocenters. The maximum atomic E-state index is 14.7. The number of aryl methyl sites for hydroxylation is 1. The molecule has 1 aliphatic rings. The van der Waals surface area contributed by atoms with Crippen molar-refractivity contribution in [3.05, 3.63) is 57.7 Å². The van der Waals surface area contributed by atoms with Gasteiger partial charge in [-0.1, -0.05) is 29.8 Å². The summed E-state index contributed by atoms with van der Waals surface area (Å²) >= 11 is 3.21. The Labute approximate surface area is 171 Å². The fourth-order valence-corrected chi connectivity index (χ4v) is 3.41. The highest BCUT2D eigenvalue weighted by molar-refractivity contribution is 9.10. The molecule has 2 aromatic rings. The predicted molar refractivity (Wildman–Crippen MR) is 106 cm³/mol. The van der Waals surface area contributed by atoms with E-state index in [-0.39, 0.29) is 30.3 Å². The molecule has 148 valence electrons.